The minimum absolute atomic E-state index is 0.0796. The van der Waals surface area contributed by atoms with Crippen molar-refractivity contribution in [3.05, 3.63) is 29.3 Å². The van der Waals surface area contributed by atoms with Crippen molar-refractivity contribution in [1.82, 2.24) is 4.72 Å². The second-order valence-corrected chi connectivity index (χ2v) is 7.68. The van der Waals surface area contributed by atoms with Gasteiger partial charge in [0, 0.05) is 17.8 Å². The molecule has 1 aliphatic rings. The third-order valence-electron chi connectivity index (χ3n) is 3.05. The molecule has 0 spiro atoms. The minimum Gasteiger partial charge on any atom is -0.598 e. The molecule has 0 saturated carbocycles. The molecule has 1 heterocycles. The SMILES string of the molecule is C[C@@H](N[S@@+]([O-])C(C)(C)C)c1ccc2c(c1)CCO2. The first-order valence-corrected chi connectivity index (χ1v) is 7.46. The summed E-state index contributed by atoms with van der Waals surface area (Å²) in [6.45, 7) is 8.73. The third kappa shape index (κ3) is 2.99. The Labute approximate surface area is 112 Å². The van der Waals surface area contributed by atoms with Crippen LogP contribution in [0, 0.1) is 0 Å². The standard InChI is InChI=1S/C14H21NO2S/c1-10(15-18(16)14(2,3)4)11-5-6-13-12(9-11)7-8-17-13/h5-6,9-10,15H,7-8H2,1-4H3/t10-,18+/m1/s1. The summed E-state index contributed by atoms with van der Waals surface area (Å²) in [6.07, 6.45) is 0.970. The Bertz CT molecular complexity index is 428. The summed E-state index contributed by atoms with van der Waals surface area (Å²) in [5, 5.41) is 0. The van der Waals surface area contributed by atoms with Gasteiger partial charge in [0.05, 0.1) is 12.6 Å². The van der Waals surface area contributed by atoms with E-state index in [0.29, 0.717) is 0 Å². The zero-order valence-corrected chi connectivity index (χ0v) is 12.3. The molecule has 0 amide bonds. The van der Waals surface area contributed by atoms with Gasteiger partial charge < -0.3 is 9.29 Å². The molecular formula is C14H21NO2S. The van der Waals surface area contributed by atoms with Gasteiger partial charge in [-0.2, -0.15) is 0 Å². The van der Waals surface area contributed by atoms with Gasteiger partial charge in [-0.05, 0) is 44.9 Å². The van der Waals surface area contributed by atoms with E-state index in [1.54, 1.807) is 0 Å². The summed E-state index contributed by atoms with van der Waals surface area (Å²) >= 11 is -1.05. The van der Waals surface area contributed by atoms with Gasteiger partial charge in [0.2, 0.25) is 0 Å². The number of fused-ring (bicyclic) bond motifs is 1. The molecule has 0 saturated heterocycles. The van der Waals surface area contributed by atoms with Crippen LogP contribution in [0.1, 0.15) is 44.9 Å². The van der Waals surface area contributed by atoms with E-state index in [4.69, 9.17) is 4.74 Å². The molecule has 2 atom stereocenters. The fourth-order valence-electron chi connectivity index (χ4n) is 1.88. The van der Waals surface area contributed by atoms with Gasteiger partial charge in [0.1, 0.15) is 10.5 Å². The molecule has 0 aliphatic carbocycles. The Hall–Kier alpha value is -0.710. The first kappa shape index (κ1) is 13.7. The van der Waals surface area contributed by atoms with Crippen molar-refractivity contribution in [2.45, 2.75) is 44.9 Å². The van der Waals surface area contributed by atoms with Crippen molar-refractivity contribution < 1.29 is 9.29 Å². The predicted octanol–water partition coefficient (Wildman–Crippen LogP) is 2.73. The molecule has 18 heavy (non-hydrogen) atoms. The van der Waals surface area contributed by atoms with Crippen molar-refractivity contribution in [3.63, 3.8) is 0 Å². The molecule has 1 aliphatic heterocycles. The van der Waals surface area contributed by atoms with Crippen LogP contribution in [0.3, 0.4) is 0 Å². The van der Waals surface area contributed by atoms with Gasteiger partial charge in [-0.15, -0.1) is 4.72 Å². The van der Waals surface area contributed by atoms with E-state index in [-0.39, 0.29) is 10.8 Å². The number of ether oxygens (including phenoxy) is 1. The molecule has 1 aromatic rings. The lowest BCUT2D eigenvalue weighted by molar-refractivity contribution is 0.357. The van der Waals surface area contributed by atoms with Crippen LogP contribution in [0.15, 0.2) is 18.2 Å². The average molecular weight is 267 g/mol. The summed E-state index contributed by atoms with van der Waals surface area (Å²) in [5.74, 6) is 0.989. The maximum absolute atomic E-state index is 12.1. The van der Waals surface area contributed by atoms with Gasteiger partial charge in [0.25, 0.3) is 0 Å². The maximum Gasteiger partial charge on any atom is 0.136 e. The first-order valence-electron chi connectivity index (χ1n) is 6.31. The molecule has 0 fully saturated rings. The quantitative estimate of drug-likeness (QED) is 0.856. The zero-order chi connectivity index (χ0) is 13.3. The van der Waals surface area contributed by atoms with Crippen LogP contribution in [0.25, 0.3) is 0 Å². The molecule has 1 N–H and O–H groups in total. The lowest BCUT2D eigenvalue weighted by atomic mass is 10.0. The second-order valence-electron chi connectivity index (χ2n) is 5.69. The van der Waals surface area contributed by atoms with Crippen LogP contribution in [-0.4, -0.2) is 15.9 Å². The van der Waals surface area contributed by atoms with Gasteiger partial charge >= 0.3 is 0 Å². The lowest BCUT2D eigenvalue weighted by Crippen LogP contribution is -2.40. The molecule has 0 bridgehead atoms. The summed E-state index contributed by atoms with van der Waals surface area (Å²) in [7, 11) is 0. The van der Waals surface area contributed by atoms with E-state index in [0.717, 1.165) is 24.3 Å². The first-order chi connectivity index (χ1) is 8.38. The van der Waals surface area contributed by atoms with E-state index in [2.05, 4.69) is 10.8 Å². The summed E-state index contributed by atoms with van der Waals surface area (Å²) in [5.41, 5.74) is 2.42. The smallest absolute Gasteiger partial charge is 0.136 e. The Balaban J connectivity index is 2.07. The fraction of sp³-hybridized carbons (Fsp3) is 0.571. The number of nitrogens with one attached hydrogen (secondary N) is 1. The second kappa shape index (κ2) is 5.11. The topological polar surface area (TPSA) is 44.3 Å². The third-order valence-corrected chi connectivity index (χ3v) is 4.73. The van der Waals surface area contributed by atoms with Crippen molar-refractivity contribution in [1.29, 1.82) is 0 Å². The maximum atomic E-state index is 12.1. The molecule has 2 rings (SSSR count). The Morgan fingerprint density at radius 2 is 2.11 bits per heavy atom. The highest BCUT2D eigenvalue weighted by molar-refractivity contribution is 7.90. The lowest BCUT2D eigenvalue weighted by Gasteiger charge is -2.26. The summed E-state index contributed by atoms with van der Waals surface area (Å²) < 4.78 is 20.5. The van der Waals surface area contributed by atoms with Crippen LogP contribution >= 0.6 is 0 Å². The van der Waals surface area contributed by atoms with Crippen molar-refractivity contribution >= 4 is 11.4 Å². The fourth-order valence-corrected chi connectivity index (χ4v) is 2.69. The Morgan fingerprint density at radius 1 is 1.39 bits per heavy atom. The van der Waals surface area contributed by atoms with Crippen LogP contribution in [0.4, 0.5) is 0 Å². The molecule has 100 valence electrons. The molecule has 0 radical (unpaired) electrons. The van der Waals surface area contributed by atoms with E-state index >= 15 is 0 Å². The predicted molar refractivity (Wildman–Crippen MR) is 75.1 cm³/mol. The molecule has 3 nitrogen and oxygen atoms in total. The number of benzene rings is 1. The number of hydrogen-bond donors (Lipinski definition) is 1. The van der Waals surface area contributed by atoms with E-state index < -0.39 is 11.4 Å². The highest BCUT2D eigenvalue weighted by Gasteiger charge is 2.28. The monoisotopic (exact) mass is 267 g/mol. The van der Waals surface area contributed by atoms with Crippen molar-refractivity contribution in [2.75, 3.05) is 6.61 Å². The van der Waals surface area contributed by atoms with E-state index in [1.807, 2.05) is 39.8 Å². The highest BCUT2D eigenvalue weighted by atomic mass is 32.2. The van der Waals surface area contributed by atoms with Crippen LogP contribution < -0.4 is 9.46 Å². The van der Waals surface area contributed by atoms with Gasteiger partial charge in [-0.25, -0.2) is 0 Å². The minimum atomic E-state index is -1.05. The Morgan fingerprint density at radius 3 is 2.78 bits per heavy atom. The highest BCUT2D eigenvalue weighted by Crippen LogP contribution is 2.28. The van der Waals surface area contributed by atoms with Crippen molar-refractivity contribution in [3.8, 4) is 5.75 Å². The van der Waals surface area contributed by atoms with Crippen LogP contribution in [0.2, 0.25) is 0 Å². The number of rotatable bonds is 3. The number of hydrogen-bond acceptors (Lipinski definition) is 3. The van der Waals surface area contributed by atoms with E-state index in [1.165, 1.54) is 5.56 Å². The molecule has 0 aromatic heterocycles. The van der Waals surface area contributed by atoms with Crippen molar-refractivity contribution in [2.24, 2.45) is 0 Å². The molecule has 1 aromatic carbocycles. The molecule has 0 unspecified atom stereocenters. The van der Waals surface area contributed by atoms with Crippen LogP contribution in [0.5, 0.6) is 5.75 Å². The molecule has 4 heteroatoms. The van der Waals surface area contributed by atoms with E-state index in [9.17, 15) is 4.55 Å². The average Bonchev–Trinajstić information content (AvgIpc) is 2.74. The summed E-state index contributed by atoms with van der Waals surface area (Å²) in [6, 6.07) is 6.29. The van der Waals surface area contributed by atoms with Gasteiger partial charge in [-0.3, -0.25) is 0 Å². The molecular weight excluding hydrogens is 246 g/mol. The Kier molecular flexibility index (Phi) is 3.90. The van der Waals surface area contributed by atoms with Crippen LogP contribution in [-0.2, 0) is 17.8 Å². The summed E-state index contributed by atoms with van der Waals surface area (Å²) in [4.78, 5) is 0. The van der Waals surface area contributed by atoms with Gasteiger partial charge in [0.15, 0.2) is 0 Å². The largest absolute Gasteiger partial charge is 0.598 e. The van der Waals surface area contributed by atoms with Gasteiger partial charge in [-0.1, -0.05) is 12.1 Å². The zero-order valence-electron chi connectivity index (χ0n) is 11.4. The normalized spacial score (nSPS) is 18.1.